The van der Waals surface area contributed by atoms with Crippen LogP contribution in [0.3, 0.4) is 0 Å². The molecular formula is C17H18N4O5S. The maximum atomic E-state index is 12.6. The second-order valence-corrected chi connectivity index (χ2v) is 6.87. The summed E-state index contributed by atoms with van der Waals surface area (Å²) in [5, 5.41) is 7.49. The van der Waals surface area contributed by atoms with Crippen LogP contribution in [0.1, 0.15) is 20.7 Å². The van der Waals surface area contributed by atoms with Crippen molar-refractivity contribution in [1.82, 2.24) is 19.7 Å². The van der Waals surface area contributed by atoms with Gasteiger partial charge in [-0.15, -0.1) is 10.2 Å². The van der Waals surface area contributed by atoms with E-state index in [0.29, 0.717) is 29.4 Å². The quantitative estimate of drug-likeness (QED) is 0.371. The van der Waals surface area contributed by atoms with Gasteiger partial charge in [-0.25, -0.2) is 0 Å². The summed E-state index contributed by atoms with van der Waals surface area (Å²) in [4.78, 5) is 38.4. The number of amides is 2. The molecule has 9 nitrogen and oxygen atoms in total. The average Bonchev–Trinajstić information content (AvgIpc) is 3.23. The van der Waals surface area contributed by atoms with Gasteiger partial charge in [0.15, 0.2) is 5.16 Å². The number of thioether (sulfide) groups is 1. The van der Waals surface area contributed by atoms with Crippen molar-refractivity contribution in [1.29, 1.82) is 0 Å². The van der Waals surface area contributed by atoms with Crippen molar-refractivity contribution in [2.24, 2.45) is 0 Å². The van der Waals surface area contributed by atoms with Gasteiger partial charge in [-0.3, -0.25) is 19.3 Å². The summed E-state index contributed by atoms with van der Waals surface area (Å²) in [5.41, 5.74) is 0.666. The molecule has 0 radical (unpaired) electrons. The van der Waals surface area contributed by atoms with Crippen LogP contribution in [0.15, 0.2) is 35.7 Å². The Morgan fingerprint density at radius 1 is 1.19 bits per heavy atom. The molecule has 0 spiro atoms. The van der Waals surface area contributed by atoms with Crippen molar-refractivity contribution in [3.8, 4) is 0 Å². The molecule has 1 aromatic heterocycles. The molecule has 1 aliphatic heterocycles. The van der Waals surface area contributed by atoms with Crippen molar-refractivity contribution < 1.29 is 23.9 Å². The standard InChI is InChI=1S/C17H18N4O5S/c1-25-8-7-20-10-18-19-17(20)27-13(16(24)26-2)9-21-14(22)11-5-3-4-6-12(11)15(21)23/h3-6,10,13H,7-9H2,1-2H3/t13-/m0/s1. The van der Waals surface area contributed by atoms with E-state index in [2.05, 4.69) is 10.2 Å². The maximum Gasteiger partial charge on any atom is 0.321 e. The summed E-state index contributed by atoms with van der Waals surface area (Å²) in [6, 6.07) is 6.57. The third kappa shape index (κ3) is 3.86. The normalized spacial score (nSPS) is 14.4. The fourth-order valence-electron chi connectivity index (χ4n) is 2.67. The molecule has 0 bridgehead atoms. The molecule has 0 saturated heterocycles. The Morgan fingerprint density at radius 3 is 2.44 bits per heavy atom. The van der Waals surface area contributed by atoms with Crippen molar-refractivity contribution in [3.63, 3.8) is 0 Å². The second-order valence-electron chi connectivity index (χ2n) is 5.70. The van der Waals surface area contributed by atoms with Gasteiger partial charge in [-0.2, -0.15) is 0 Å². The number of methoxy groups -OCH3 is 2. The zero-order valence-corrected chi connectivity index (χ0v) is 15.6. The molecule has 0 unspecified atom stereocenters. The van der Waals surface area contributed by atoms with Crippen LogP contribution in [0.4, 0.5) is 0 Å². The summed E-state index contributed by atoms with van der Waals surface area (Å²) in [5.74, 6) is -1.41. The van der Waals surface area contributed by atoms with Gasteiger partial charge in [0.25, 0.3) is 11.8 Å². The summed E-state index contributed by atoms with van der Waals surface area (Å²) >= 11 is 1.09. The van der Waals surface area contributed by atoms with E-state index in [1.165, 1.54) is 13.4 Å². The molecule has 2 heterocycles. The van der Waals surface area contributed by atoms with E-state index in [4.69, 9.17) is 9.47 Å². The molecule has 1 aromatic carbocycles. The van der Waals surface area contributed by atoms with Crippen LogP contribution in [-0.4, -0.2) is 70.1 Å². The van der Waals surface area contributed by atoms with E-state index in [1.807, 2.05) is 0 Å². The molecule has 1 aliphatic rings. The van der Waals surface area contributed by atoms with Crippen molar-refractivity contribution in [3.05, 3.63) is 41.7 Å². The highest BCUT2D eigenvalue weighted by atomic mass is 32.2. The predicted octanol–water partition coefficient (Wildman–Crippen LogP) is 0.854. The van der Waals surface area contributed by atoms with Gasteiger partial charge in [0.1, 0.15) is 11.6 Å². The zero-order valence-electron chi connectivity index (χ0n) is 14.8. The molecule has 10 heteroatoms. The molecule has 0 N–H and O–H groups in total. The van der Waals surface area contributed by atoms with Crippen LogP contribution >= 0.6 is 11.8 Å². The Hall–Kier alpha value is -2.72. The van der Waals surface area contributed by atoms with Gasteiger partial charge >= 0.3 is 5.97 Å². The largest absolute Gasteiger partial charge is 0.468 e. The summed E-state index contributed by atoms with van der Waals surface area (Å²) in [6.45, 7) is 0.834. The number of fused-ring (bicyclic) bond motifs is 1. The number of nitrogens with zero attached hydrogens (tertiary/aromatic N) is 4. The summed E-state index contributed by atoms with van der Waals surface area (Å²) in [6.07, 6.45) is 1.53. The first-order chi connectivity index (χ1) is 13.1. The smallest absolute Gasteiger partial charge is 0.321 e. The summed E-state index contributed by atoms with van der Waals surface area (Å²) in [7, 11) is 2.84. The van der Waals surface area contributed by atoms with Crippen LogP contribution in [0.2, 0.25) is 0 Å². The molecule has 0 saturated carbocycles. The van der Waals surface area contributed by atoms with Crippen LogP contribution in [0, 0.1) is 0 Å². The molecule has 0 aliphatic carbocycles. The van der Waals surface area contributed by atoms with Gasteiger partial charge in [0, 0.05) is 13.7 Å². The molecule has 2 amide bonds. The highest BCUT2D eigenvalue weighted by molar-refractivity contribution is 8.00. The highest BCUT2D eigenvalue weighted by Crippen LogP contribution is 2.28. The second kappa shape index (κ2) is 8.31. The summed E-state index contributed by atoms with van der Waals surface area (Å²) < 4.78 is 11.6. The van der Waals surface area contributed by atoms with Crippen molar-refractivity contribution >= 4 is 29.5 Å². The molecule has 0 fully saturated rings. The van der Waals surface area contributed by atoms with E-state index >= 15 is 0 Å². The van der Waals surface area contributed by atoms with Crippen molar-refractivity contribution in [2.45, 2.75) is 17.0 Å². The third-order valence-electron chi connectivity index (χ3n) is 4.05. The minimum atomic E-state index is -0.831. The molecule has 2 aromatic rings. The van der Waals surface area contributed by atoms with Crippen LogP contribution in [-0.2, 0) is 20.8 Å². The minimum Gasteiger partial charge on any atom is -0.468 e. The third-order valence-corrected chi connectivity index (χ3v) is 5.21. The first kappa shape index (κ1) is 19.1. The fourth-order valence-corrected chi connectivity index (χ4v) is 3.71. The molecular weight excluding hydrogens is 372 g/mol. The van der Waals surface area contributed by atoms with E-state index < -0.39 is 23.0 Å². The number of hydrogen-bond donors (Lipinski definition) is 0. The van der Waals surface area contributed by atoms with E-state index in [9.17, 15) is 14.4 Å². The number of aromatic nitrogens is 3. The number of carbonyl (C=O) groups is 3. The number of rotatable bonds is 8. The zero-order chi connectivity index (χ0) is 19.4. The van der Waals surface area contributed by atoms with Crippen LogP contribution in [0.5, 0.6) is 0 Å². The number of carbonyl (C=O) groups excluding carboxylic acids is 3. The molecule has 3 rings (SSSR count). The Balaban J connectivity index is 1.79. The lowest BCUT2D eigenvalue weighted by Gasteiger charge is -2.20. The number of hydrogen-bond acceptors (Lipinski definition) is 8. The lowest BCUT2D eigenvalue weighted by atomic mass is 10.1. The fraction of sp³-hybridized carbons (Fsp3) is 0.353. The molecule has 1 atom stereocenters. The van der Waals surface area contributed by atoms with Gasteiger partial charge in [-0.1, -0.05) is 23.9 Å². The van der Waals surface area contributed by atoms with Gasteiger partial charge in [-0.05, 0) is 12.1 Å². The lowest BCUT2D eigenvalue weighted by Crippen LogP contribution is -2.39. The van der Waals surface area contributed by atoms with Crippen molar-refractivity contribution in [2.75, 3.05) is 27.4 Å². The lowest BCUT2D eigenvalue weighted by molar-refractivity contribution is -0.140. The van der Waals surface area contributed by atoms with Gasteiger partial charge in [0.05, 0.1) is 31.4 Å². The number of esters is 1. The van der Waals surface area contributed by atoms with Gasteiger partial charge < -0.3 is 14.0 Å². The Kier molecular flexibility index (Phi) is 5.87. The first-order valence-electron chi connectivity index (χ1n) is 8.13. The Bertz CT molecular complexity index is 834. The number of ether oxygens (including phenoxy) is 2. The first-order valence-corrected chi connectivity index (χ1v) is 9.01. The molecule has 27 heavy (non-hydrogen) atoms. The van der Waals surface area contributed by atoms with Crippen LogP contribution < -0.4 is 0 Å². The monoisotopic (exact) mass is 390 g/mol. The Labute approximate surface area is 159 Å². The highest BCUT2D eigenvalue weighted by Gasteiger charge is 2.38. The minimum absolute atomic E-state index is 0.124. The molecule has 142 valence electrons. The SMILES string of the molecule is COCCn1cnnc1S[C@@H](CN1C(=O)c2ccccc2C1=O)C(=O)OC. The maximum absolute atomic E-state index is 12.6. The topological polar surface area (TPSA) is 104 Å². The average molecular weight is 390 g/mol. The van der Waals surface area contributed by atoms with E-state index in [1.54, 1.807) is 35.9 Å². The number of benzene rings is 1. The van der Waals surface area contributed by atoms with E-state index in [-0.39, 0.29) is 6.54 Å². The van der Waals surface area contributed by atoms with E-state index in [0.717, 1.165) is 16.7 Å². The Morgan fingerprint density at radius 2 is 1.85 bits per heavy atom. The van der Waals surface area contributed by atoms with Gasteiger partial charge in [0.2, 0.25) is 0 Å². The predicted molar refractivity (Wildman–Crippen MR) is 95.4 cm³/mol. The number of imide groups is 1. The van der Waals surface area contributed by atoms with Crippen LogP contribution in [0.25, 0.3) is 0 Å².